The Morgan fingerprint density at radius 1 is 0.435 bits per heavy atom. The second-order valence-electron chi connectivity index (χ2n) is 5.20. The Morgan fingerprint density at radius 2 is 0.826 bits per heavy atom. The Hall–Kier alpha value is -2.94. The Labute approximate surface area is 137 Å². The second-order valence-corrected chi connectivity index (χ2v) is 5.20. The van der Waals surface area contributed by atoms with E-state index in [1.54, 1.807) is 0 Å². The fourth-order valence-electron chi connectivity index (χ4n) is 2.70. The number of fused-ring (bicyclic) bond motifs is 2. The lowest BCUT2D eigenvalue weighted by Crippen LogP contribution is -1.74. The van der Waals surface area contributed by atoms with E-state index in [2.05, 4.69) is 46.6 Å². The maximum absolute atomic E-state index is 4.48. The Bertz CT molecular complexity index is 901. The van der Waals surface area contributed by atoms with Gasteiger partial charge in [-0.1, -0.05) is 72.8 Å². The molecule has 0 aliphatic carbocycles. The molecule has 0 fully saturated rings. The van der Waals surface area contributed by atoms with Crippen molar-refractivity contribution in [3.05, 3.63) is 84.9 Å². The fraction of sp³-hybridized carbons (Fsp3) is 0. The van der Waals surface area contributed by atoms with E-state index >= 15 is 0 Å². The first kappa shape index (κ1) is 15.0. The molecule has 4 aromatic carbocycles. The molecule has 0 heterocycles. The van der Waals surface area contributed by atoms with Crippen molar-refractivity contribution >= 4 is 41.3 Å². The van der Waals surface area contributed by atoms with E-state index in [-0.39, 0.29) is 8.41 Å². The van der Waals surface area contributed by atoms with E-state index < -0.39 is 0 Å². The molecule has 0 spiro atoms. The lowest BCUT2D eigenvalue weighted by atomic mass is 10.1. The van der Waals surface area contributed by atoms with Crippen LogP contribution in [0.4, 0.5) is 11.4 Å². The third kappa shape index (κ3) is 2.86. The van der Waals surface area contributed by atoms with Crippen LogP contribution in [0.2, 0.25) is 0 Å². The molecule has 0 saturated heterocycles. The maximum Gasteiger partial charge on any atom is 0.0935 e. The molecule has 4 aromatic rings. The smallest absolute Gasteiger partial charge is 0.0935 e. The summed E-state index contributed by atoms with van der Waals surface area (Å²) in [7, 11) is 0. The third-order valence-electron chi connectivity index (χ3n) is 3.80. The third-order valence-corrected chi connectivity index (χ3v) is 3.80. The van der Waals surface area contributed by atoms with Gasteiger partial charge in [0, 0.05) is 10.8 Å². The monoisotopic (exact) mass is 296 g/mol. The van der Waals surface area contributed by atoms with E-state index in [1.807, 2.05) is 48.5 Å². The minimum atomic E-state index is 0. The summed E-state index contributed by atoms with van der Waals surface area (Å²) in [6.45, 7) is 0. The summed E-state index contributed by atoms with van der Waals surface area (Å²) in [5.41, 5.74) is 1.79. The van der Waals surface area contributed by atoms with Crippen LogP contribution in [0, 0.1) is 0 Å². The van der Waals surface area contributed by atoms with E-state index in [9.17, 15) is 0 Å². The molecule has 0 N–H and O–H groups in total. The molecule has 0 saturated carbocycles. The van der Waals surface area contributed by atoms with Gasteiger partial charge in [-0.15, -0.1) is 10.2 Å². The Kier molecular flexibility index (Phi) is 4.20. The zero-order valence-electron chi connectivity index (χ0n) is 12.0. The number of rotatable bonds is 2. The van der Waals surface area contributed by atoms with E-state index in [0.717, 1.165) is 22.1 Å². The van der Waals surface area contributed by atoms with Gasteiger partial charge in [-0.05, 0) is 22.9 Å². The Morgan fingerprint density at radius 3 is 1.30 bits per heavy atom. The molecular weight excluding hydrogens is 279 g/mol. The van der Waals surface area contributed by atoms with Crippen molar-refractivity contribution in [2.45, 2.75) is 0 Å². The molecule has 23 heavy (non-hydrogen) atoms. The molecule has 0 bridgehead atoms. The minimum absolute atomic E-state index is 0. The zero-order chi connectivity index (χ0) is 14.8. The predicted molar refractivity (Wildman–Crippen MR) is 102 cm³/mol. The number of azo groups is 1. The first-order valence-corrected chi connectivity index (χ1v) is 7.29. The van der Waals surface area contributed by atoms with E-state index in [4.69, 9.17) is 0 Å². The molecule has 0 amide bonds. The first-order chi connectivity index (χ1) is 10.9. The van der Waals surface area contributed by atoms with E-state index in [0.29, 0.717) is 0 Å². The molecule has 0 aliphatic rings. The van der Waals surface area contributed by atoms with Crippen molar-refractivity contribution in [2.75, 3.05) is 0 Å². The molecule has 2 nitrogen and oxygen atoms in total. The van der Waals surface area contributed by atoms with Gasteiger partial charge in [-0.2, -0.15) is 0 Å². The summed E-state index contributed by atoms with van der Waals surface area (Å²) >= 11 is 0. The normalized spacial score (nSPS) is 11.0. The van der Waals surface area contributed by atoms with Crippen molar-refractivity contribution < 1.29 is 0 Å². The van der Waals surface area contributed by atoms with Gasteiger partial charge in [0.25, 0.3) is 0 Å². The summed E-state index contributed by atoms with van der Waals surface area (Å²) in [6.07, 6.45) is 0. The van der Waals surface area contributed by atoms with Crippen molar-refractivity contribution in [3.63, 3.8) is 0 Å². The highest BCUT2D eigenvalue weighted by Crippen LogP contribution is 2.30. The van der Waals surface area contributed by atoms with Gasteiger partial charge in [0.1, 0.15) is 0 Å². The van der Waals surface area contributed by atoms with Crippen molar-refractivity contribution in [2.24, 2.45) is 10.2 Å². The van der Waals surface area contributed by atoms with Gasteiger partial charge in [0.05, 0.1) is 19.8 Å². The lowest BCUT2D eigenvalue weighted by Gasteiger charge is -2.02. The van der Waals surface area contributed by atoms with Gasteiger partial charge < -0.3 is 0 Å². The maximum atomic E-state index is 4.48. The molecule has 0 aliphatic heterocycles. The second kappa shape index (κ2) is 6.45. The van der Waals surface area contributed by atoms with Crippen LogP contribution in [0.25, 0.3) is 21.5 Å². The number of hydrogen-bond acceptors (Lipinski definition) is 2. The SMILES string of the molecule is B.c1ccc2c(N=Nc3cccc4ccccc34)cccc2c1. The highest BCUT2D eigenvalue weighted by atomic mass is 15.1. The van der Waals surface area contributed by atoms with Gasteiger partial charge in [-0.25, -0.2) is 0 Å². The predicted octanol–water partition coefficient (Wildman–Crippen LogP) is 5.22. The minimum Gasteiger partial charge on any atom is -0.150 e. The van der Waals surface area contributed by atoms with Crippen molar-refractivity contribution in [1.82, 2.24) is 0 Å². The topological polar surface area (TPSA) is 24.7 Å². The highest BCUT2D eigenvalue weighted by molar-refractivity contribution is 5.93. The summed E-state index contributed by atoms with van der Waals surface area (Å²) < 4.78 is 0. The van der Waals surface area contributed by atoms with Crippen LogP contribution in [-0.2, 0) is 0 Å². The largest absolute Gasteiger partial charge is 0.150 e. The molecule has 0 radical (unpaired) electrons. The Balaban J connectivity index is 0.00000156. The van der Waals surface area contributed by atoms with Crippen LogP contribution in [-0.4, -0.2) is 8.41 Å². The molecule has 3 heteroatoms. The highest BCUT2D eigenvalue weighted by Gasteiger charge is 2.01. The standard InChI is InChI=1S/C20H14N2.BH3/c1-3-11-17-15(7-1)9-5-13-19(17)21-22-20-14-6-10-16-8-2-4-12-18(16)20;/h1-14H;1H3. The van der Waals surface area contributed by atoms with Crippen LogP contribution in [0.1, 0.15) is 0 Å². The van der Waals surface area contributed by atoms with Gasteiger partial charge in [-0.3, -0.25) is 0 Å². The molecule has 4 rings (SSSR count). The zero-order valence-corrected chi connectivity index (χ0v) is 12.0. The number of benzene rings is 4. The average molecular weight is 296 g/mol. The van der Waals surface area contributed by atoms with E-state index in [1.165, 1.54) is 10.8 Å². The quantitative estimate of drug-likeness (QED) is 0.358. The van der Waals surface area contributed by atoms with Gasteiger partial charge in [0.2, 0.25) is 0 Å². The fourth-order valence-corrected chi connectivity index (χ4v) is 2.70. The summed E-state index contributed by atoms with van der Waals surface area (Å²) in [4.78, 5) is 0. The van der Waals surface area contributed by atoms with Crippen LogP contribution in [0.5, 0.6) is 0 Å². The van der Waals surface area contributed by atoms with Crippen LogP contribution < -0.4 is 0 Å². The molecule has 0 aromatic heterocycles. The summed E-state index contributed by atoms with van der Waals surface area (Å²) in [5.74, 6) is 0. The first-order valence-electron chi connectivity index (χ1n) is 7.29. The van der Waals surface area contributed by atoms with Crippen molar-refractivity contribution in [3.8, 4) is 0 Å². The van der Waals surface area contributed by atoms with Crippen LogP contribution in [0.3, 0.4) is 0 Å². The number of nitrogens with zero attached hydrogens (tertiary/aromatic N) is 2. The summed E-state index contributed by atoms with van der Waals surface area (Å²) in [5, 5.41) is 13.6. The van der Waals surface area contributed by atoms with Crippen LogP contribution >= 0.6 is 0 Å². The molecule has 0 atom stereocenters. The average Bonchev–Trinajstić information content (AvgIpc) is 2.60. The van der Waals surface area contributed by atoms with Gasteiger partial charge in [0.15, 0.2) is 0 Å². The summed E-state index contributed by atoms with van der Waals surface area (Å²) in [6, 6.07) is 28.7. The number of hydrogen-bond donors (Lipinski definition) is 0. The molecule has 0 unspecified atom stereocenters. The molecular formula is C20H17BN2. The van der Waals surface area contributed by atoms with Crippen molar-refractivity contribution in [1.29, 1.82) is 0 Å². The van der Waals surface area contributed by atoms with Gasteiger partial charge >= 0.3 is 0 Å². The molecule has 110 valence electrons. The van der Waals surface area contributed by atoms with Crippen LogP contribution in [0.15, 0.2) is 95.2 Å². The lowest BCUT2D eigenvalue weighted by molar-refractivity contribution is 1.25.